The number of allylic oxidation sites excluding steroid dienone is 10. The highest BCUT2D eigenvalue weighted by Crippen LogP contribution is 2.43. The van der Waals surface area contributed by atoms with Crippen molar-refractivity contribution in [1.29, 1.82) is 0 Å². The molecule has 426 valence electrons. The summed E-state index contributed by atoms with van der Waals surface area (Å²) in [5.41, 5.74) is 5.38. The Morgan fingerprint density at radius 3 is 1.12 bits per heavy atom. The number of phosphoric acid groups is 1. The molecule has 0 saturated heterocycles. The second-order valence-electron chi connectivity index (χ2n) is 20.6. The Morgan fingerprint density at radius 2 is 0.753 bits per heavy atom. The Morgan fingerprint density at radius 1 is 0.425 bits per heavy atom. The van der Waals surface area contributed by atoms with Gasteiger partial charge in [0.25, 0.3) is 0 Å². The first-order chi connectivity index (χ1) is 35.8. The topological polar surface area (TPSA) is 134 Å². The van der Waals surface area contributed by atoms with Crippen molar-refractivity contribution in [3.05, 3.63) is 60.8 Å². The van der Waals surface area contributed by atoms with Gasteiger partial charge in [-0.25, -0.2) is 4.57 Å². The number of esters is 2. The van der Waals surface area contributed by atoms with Crippen LogP contribution in [-0.2, 0) is 32.7 Å². The summed E-state index contributed by atoms with van der Waals surface area (Å²) < 4.78 is 33.0. The van der Waals surface area contributed by atoms with Crippen LogP contribution < -0.4 is 5.73 Å². The molecule has 0 aromatic carbocycles. The summed E-state index contributed by atoms with van der Waals surface area (Å²) in [7, 11) is -4.38. The molecular formula is C63H116NO8P. The van der Waals surface area contributed by atoms with Crippen LogP contribution in [0, 0.1) is 0 Å². The molecule has 0 aliphatic carbocycles. The van der Waals surface area contributed by atoms with Crippen LogP contribution in [0.15, 0.2) is 60.8 Å². The number of carbonyl (C=O) groups is 2. The van der Waals surface area contributed by atoms with Crippen LogP contribution in [0.4, 0.5) is 0 Å². The molecule has 0 aromatic heterocycles. The lowest BCUT2D eigenvalue weighted by Crippen LogP contribution is -2.29. The molecule has 0 spiro atoms. The maximum atomic E-state index is 12.7. The van der Waals surface area contributed by atoms with Gasteiger partial charge in [0.2, 0.25) is 0 Å². The number of nitrogens with two attached hydrogens (primary N) is 1. The van der Waals surface area contributed by atoms with Crippen molar-refractivity contribution in [1.82, 2.24) is 0 Å². The largest absolute Gasteiger partial charge is 0.472 e. The third-order valence-electron chi connectivity index (χ3n) is 13.4. The van der Waals surface area contributed by atoms with Crippen LogP contribution in [0.25, 0.3) is 0 Å². The molecule has 73 heavy (non-hydrogen) atoms. The van der Waals surface area contributed by atoms with E-state index in [4.69, 9.17) is 24.3 Å². The maximum absolute atomic E-state index is 12.7. The molecule has 3 N–H and O–H groups in total. The summed E-state index contributed by atoms with van der Waals surface area (Å²) in [6.45, 7) is 3.66. The van der Waals surface area contributed by atoms with E-state index in [1.807, 2.05) is 0 Å². The summed E-state index contributed by atoms with van der Waals surface area (Å²) in [6.07, 6.45) is 74.5. The number of unbranched alkanes of at least 4 members (excludes halogenated alkanes) is 35. The summed E-state index contributed by atoms with van der Waals surface area (Å²) in [4.78, 5) is 35.1. The van der Waals surface area contributed by atoms with Gasteiger partial charge in [0, 0.05) is 19.4 Å². The lowest BCUT2D eigenvalue weighted by Gasteiger charge is -2.19. The van der Waals surface area contributed by atoms with Crippen molar-refractivity contribution in [2.24, 2.45) is 5.73 Å². The lowest BCUT2D eigenvalue weighted by atomic mass is 10.0. The van der Waals surface area contributed by atoms with Crippen LogP contribution in [0.3, 0.4) is 0 Å². The van der Waals surface area contributed by atoms with Gasteiger partial charge < -0.3 is 20.1 Å². The Bertz CT molecular complexity index is 1380. The molecule has 2 atom stereocenters. The van der Waals surface area contributed by atoms with Gasteiger partial charge in [0.1, 0.15) is 6.61 Å². The van der Waals surface area contributed by atoms with Gasteiger partial charge in [0.05, 0.1) is 13.2 Å². The van der Waals surface area contributed by atoms with E-state index in [1.165, 1.54) is 199 Å². The first-order valence-corrected chi connectivity index (χ1v) is 32.3. The third-order valence-corrected chi connectivity index (χ3v) is 14.4. The minimum absolute atomic E-state index is 0.0555. The van der Waals surface area contributed by atoms with E-state index in [2.05, 4.69) is 74.6 Å². The van der Waals surface area contributed by atoms with Crippen molar-refractivity contribution in [3.8, 4) is 0 Å². The van der Waals surface area contributed by atoms with Crippen LogP contribution in [-0.4, -0.2) is 49.3 Å². The Labute approximate surface area is 450 Å². The molecule has 0 fully saturated rings. The number of hydrogen-bond donors (Lipinski definition) is 2. The zero-order valence-electron chi connectivity index (χ0n) is 47.6. The molecule has 10 heteroatoms. The smallest absolute Gasteiger partial charge is 0.462 e. The number of rotatable bonds is 58. The normalized spacial score (nSPS) is 13.4. The molecule has 0 aliphatic rings. The first-order valence-electron chi connectivity index (χ1n) is 30.8. The second-order valence-corrected chi connectivity index (χ2v) is 22.0. The molecule has 0 heterocycles. The van der Waals surface area contributed by atoms with Gasteiger partial charge in [-0.05, 0) is 57.8 Å². The van der Waals surface area contributed by atoms with Crippen LogP contribution in [0.1, 0.15) is 296 Å². The van der Waals surface area contributed by atoms with E-state index in [0.29, 0.717) is 6.42 Å². The molecule has 0 aromatic rings. The van der Waals surface area contributed by atoms with Gasteiger partial charge in [-0.15, -0.1) is 0 Å². The predicted octanol–water partition coefficient (Wildman–Crippen LogP) is 19.5. The number of ether oxygens (including phenoxy) is 2. The zero-order valence-corrected chi connectivity index (χ0v) is 48.5. The highest BCUT2D eigenvalue weighted by molar-refractivity contribution is 7.47. The molecule has 0 aliphatic heterocycles. The first kappa shape index (κ1) is 70.7. The van der Waals surface area contributed by atoms with Crippen LogP contribution >= 0.6 is 7.82 Å². The van der Waals surface area contributed by atoms with Crippen molar-refractivity contribution < 1.29 is 37.6 Å². The Hall–Kier alpha value is -2.29. The molecule has 0 bridgehead atoms. The zero-order chi connectivity index (χ0) is 53.1. The second kappa shape index (κ2) is 59.0. The van der Waals surface area contributed by atoms with E-state index in [0.717, 1.165) is 64.2 Å². The lowest BCUT2D eigenvalue weighted by molar-refractivity contribution is -0.161. The Balaban J connectivity index is 3.76. The average molecular weight is 1050 g/mol. The predicted molar refractivity (Wildman–Crippen MR) is 312 cm³/mol. The molecule has 0 radical (unpaired) electrons. The fraction of sp³-hybridized carbons (Fsp3) is 0.810. The fourth-order valence-electron chi connectivity index (χ4n) is 8.90. The third kappa shape index (κ3) is 58.8. The highest BCUT2D eigenvalue weighted by Gasteiger charge is 2.26. The molecule has 9 nitrogen and oxygen atoms in total. The van der Waals surface area contributed by atoms with Crippen molar-refractivity contribution in [3.63, 3.8) is 0 Å². The highest BCUT2D eigenvalue weighted by atomic mass is 31.2. The summed E-state index contributed by atoms with van der Waals surface area (Å²) in [5, 5.41) is 0. The number of hydrogen-bond acceptors (Lipinski definition) is 8. The minimum atomic E-state index is -4.38. The quantitative estimate of drug-likeness (QED) is 0.0264. The molecule has 0 rings (SSSR count). The van der Waals surface area contributed by atoms with Gasteiger partial charge in [-0.1, -0.05) is 286 Å². The SMILES string of the molecule is CC/C=C\C/C=C\C/C=C\C/C=C\C/C=C\CCCCCCCCCCCCCCCCCCCCCCCCCC(=O)OC(COC(=O)CCCCCCCCCCCCCCC)COP(=O)(O)OCCN. The summed E-state index contributed by atoms with van der Waals surface area (Å²) >= 11 is 0. The number of phosphoric ester groups is 1. The van der Waals surface area contributed by atoms with Gasteiger partial charge in [-0.2, -0.15) is 0 Å². The Kier molecular flexibility index (Phi) is 57.1. The van der Waals surface area contributed by atoms with Gasteiger partial charge >= 0.3 is 19.8 Å². The standard InChI is InChI=1S/C63H116NO8P/c1-3-5-7-9-11-13-15-17-18-19-20-21-22-23-24-25-26-27-28-29-30-31-32-33-34-35-36-37-38-39-40-41-42-44-46-48-50-52-54-56-63(66)72-61(60-71-73(67,68)70-58-57-64)59-69-62(65)55-53-51-49-47-45-43-16-14-12-10-8-6-4-2/h5,7,11,13,17-18,20-21,23-24,61H,3-4,6,8-10,12,14-16,19,22,25-60,64H2,1-2H3,(H,67,68)/b7-5-,13-11-,18-17-,21-20-,24-23-. The molecular weight excluding hydrogens is 930 g/mol. The summed E-state index contributed by atoms with van der Waals surface area (Å²) in [5.74, 6) is -0.813. The van der Waals surface area contributed by atoms with Crippen LogP contribution in [0.2, 0.25) is 0 Å². The fourth-order valence-corrected chi connectivity index (χ4v) is 9.67. The van der Waals surface area contributed by atoms with E-state index >= 15 is 0 Å². The minimum Gasteiger partial charge on any atom is -0.462 e. The van der Waals surface area contributed by atoms with Crippen molar-refractivity contribution >= 4 is 19.8 Å². The van der Waals surface area contributed by atoms with E-state index in [9.17, 15) is 19.0 Å². The van der Waals surface area contributed by atoms with Crippen molar-refractivity contribution in [2.75, 3.05) is 26.4 Å². The average Bonchev–Trinajstić information content (AvgIpc) is 3.38. The van der Waals surface area contributed by atoms with E-state index in [-0.39, 0.29) is 38.6 Å². The van der Waals surface area contributed by atoms with Crippen molar-refractivity contribution in [2.45, 2.75) is 302 Å². The van der Waals surface area contributed by atoms with Crippen LogP contribution in [0.5, 0.6) is 0 Å². The summed E-state index contributed by atoms with van der Waals surface area (Å²) in [6, 6.07) is 0. The molecule has 0 amide bonds. The molecule has 2 unspecified atom stereocenters. The monoisotopic (exact) mass is 1050 g/mol. The van der Waals surface area contributed by atoms with E-state index < -0.39 is 26.5 Å². The maximum Gasteiger partial charge on any atom is 0.472 e. The van der Waals surface area contributed by atoms with Gasteiger partial charge in [-0.3, -0.25) is 18.6 Å². The van der Waals surface area contributed by atoms with E-state index in [1.54, 1.807) is 0 Å². The molecule has 0 saturated carbocycles. The number of carbonyl (C=O) groups excluding carboxylic acids is 2. The van der Waals surface area contributed by atoms with Gasteiger partial charge in [0.15, 0.2) is 6.10 Å².